The van der Waals surface area contributed by atoms with Gasteiger partial charge in [0.1, 0.15) is 0 Å². The molecule has 0 unspecified atom stereocenters. The average Bonchev–Trinajstić information content (AvgIpc) is 2.60. The van der Waals surface area contributed by atoms with Crippen LogP contribution < -0.4 is 10.6 Å². The Balaban J connectivity index is 1.71. The molecule has 9 nitrogen and oxygen atoms in total. The Bertz CT molecular complexity index is 759. The van der Waals surface area contributed by atoms with Crippen LogP contribution in [0, 0.1) is 20.2 Å². The third-order valence-corrected chi connectivity index (χ3v) is 3.45. The zero-order chi connectivity index (χ0) is 18.2. The van der Waals surface area contributed by atoms with Crippen LogP contribution in [0.4, 0.5) is 16.2 Å². The largest absolute Gasteiger partial charge is 0.338 e. The first kappa shape index (κ1) is 17.9. The van der Waals surface area contributed by atoms with Gasteiger partial charge in [0, 0.05) is 37.4 Å². The monoisotopic (exact) mass is 344 g/mol. The fourth-order valence-corrected chi connectivity index (χ4v) is 2.09. The first-order valence-electron chi connectivity index (χ1n) is 7.44. The summed E-state index contributed by atoms with van der Waals surface area (Å²) in [4.78, 5) is 31.9. The van der Waals surface area contributed by atoms with Crippen LogP contribution in [0.2, 0.25) is 0 Å². The molecule has 0 saturated heterocycles. The van der Waals surface area contributed by atoms with Gasteiger partial charge in [0.2, 0.25) is 0 Å². The second-order valence-electron chi connectivity index (χ2n) is 5.21. The summed E-state index contributed by atoms with van der Waals surface area (Å²) in [5, 5.41) is 26.4. The summed E-state index contributed by atoms with van der Waals surface area (Å²) in [7, 11) is 0. The molecule has 0 aliphatic heterocycles. The van der Waals surface area contributed by atoms with Gasteiger partial charge in [0.15, 0.2) is 0 Å². The lowest BCUT2D eigenvalue weighted by Gasteiger charge is -2.08. The molecule has 0 bridgehead atoms. The molecule has 0 aliphatic carbocycles. The SMILES string of the molecule is O=C(NCCc1ccc([N+](=O)[O-])cc1)NCc1ccc([N+](=O)[O-])cc1. The molecule has 130 valence electrons. The fraction of sp³-hybridized carbons (Fsp3) is 0.188. The lowest BCUT2D eigenvalue weighted by molar-refractivity contribution is -0.385. The molecule has 0 atom stereocenters. The van der Waals surface area contributed by atoms with Gasteiger partial charge in [0.25, 0.3) is 11.4 Å². The minimum atomic E-state index is -0.484. The quantitative estimate of drug-likeness (QED) is 0.589. The fourth-order valence-electron chi connectivity index (χ4n) is 2.09. The predicted octanol–water partition coefficient (Wildman–Crippen LogP) is 2.54. The van der Waals surface area contributed by atoms with Crippen molar-refractivity contribution in [1.29, 1.82) is 0 Å². The molecule has 2 aromatic rings. The predicted molar refractivity (Wildman–Crippen MR) is 90.1 cm³/mol. The average molecular weight is 344 g/mol. The maximum Gasteiger partial charge on any atom is 0.315 e. The summed E-state index contributed by atoms with van der Waals surface area (Å²) in [6.45, 7) is 0.630. The molecule has 0 aliphatic rings. The van der Waals surface area contributed by atoms with E-state index in [-0.39, 0.29) is 24.0 Å². The van der Waals surface area contributed by atoms with E-state index in [1.165, 1.54) is 24.3 Å². The van der Waals surface area contributed by atoms with Gasteiger partial charge in [-0.15, -0.1) is 0 Å². The lowest BCUT2D eigenvalue weighted by Crippen LogP contribution is -2.36. The molecule has 2 rings (SSSR count). The number of benzene rings is 2. The Labute approximate surface area is 143 Å². The van der Waals surface area contributed by atoms with Crippen LogP contribution in [0.1, 0.15) is 11.1 Å². The van der Waals surface area contributed by atoms with Crippen molar-refractivity contribution < 1.29 is 14.6 Å². The summed E-state index contributed by atoms with van der Waals surface area (Å²) in [6, 6.07) is 11.7. The van der Waals surface area contributed by atoms with Crippen LogP contribution >= 0.6 is 0 Å². The summed E-state index contributed by atoms with van der Waals surface area (Å²) >= 11 is 0. The van der Waals surface area contributed by atoms with Crippen molar-refractivity contribution in [3.05, 3.63) is 79.9 Å². The molecule has 9 heteroatoms. The van der Waals surface area contributed by atoms with Crippen LogP contribution in [0.3, 0.4) is 0 Å². The number of amides is 2. The minimum absolute atomic E-state index is 0.00343. The molecule has 0 spiro atoms. The summed E-state index contributed by atoms with van der Waals surface area (Å²) in [6.07, 6.45) is 0.545. The molecule has 0 aromatic heterocycles. The van der Waals surface area contributed by atoms with Gasteiger partial charge in [-0.3, -0.25) is 20.2 Å². The maximum atomic E-state index is 11.7. The van der Waals surface area contributed by atoms with Crippen LogP contribution in [-0.2, 0) is 13.0 Å². The zero-order valence-electron chi connectivity index (χ0n) is 13.2. The molecule has 0 fully saturated rings. The molecule has 0 saturated carbocycles. The van der Waals surface area contributed by atoms with Crippen LogP contribution in [0.15, 0.2) is 48.5 Å². The van der Waals surface area contributed by atoms with Crippen molar-refractivity contribution in [2.24, 2.45) is 0 Å². The second kappa shape index (κ2) is 8.39. The first-order chi connectivity index (χ1) is 12.0. The summed E-state index contributed by atoms with van der Waals surface area (Å²) in [5.41, 5.74) is 1.64. The third kappa shape index (κ3) is 5.57. The number of carbonyl (C=O) groups is 1. The molecule has 25 heavy (non-hydrogen) atoms. The van der Waals surface area contributed by atoms with Gasteiger partial charge in [-0.05, 0) is 17.5 Å². The van der Waals surface area contributed by atoms with Crippen molar-refractivity contribution in [1.82, 2.24) is 10.6 Å². The van der Waals surface area contributed by atoms with E-state index < -0.39 is 9.85 Å². The first-order valence-corrected chi connectivity index (χ1v) is 7.44. The lowest BCUT2D eigenvalue weighted by atomic mass is 10.1. The van der Waals surface area contributed by atoms with Gasteiger partial charge >= 0.3 is 6.03 Å². The standard InChI is InChI=1S/C16H16N4O5/c21-16(18-11-13-3-7-15(8-4-13)20(24)25)17-10-9-12-1-5-14(6-2-12)19(22)23/h1-8H,9-11H2,(H2,17,18,21). The molecule has 2 aromatic carbocycles. The van der Waals surface area contributed by atoms with Gasteiger partial charge < -0.3 is 10.6 Å². The summed E-state index contributed by atoms with van der Waals surface area (Å²) in [5.74, 6) is 0. The van der Waals surface area contributed by atoms with Crippen molar-refractivity contribution in [3.8, 4) is 0 Å². The minimum Gasteiger partial charge on any atom is -0.338 e. The Morgan fingerprint density at radius 2 is 1.28 bits per heavy atom. The van der Waals surface area contributed by atoms with E-state index in [1.807, 2.05) is 0 Å². The van der Waals surface area contributed by atoms with E-state index in [0.717, 1.165) is 11.1 Å². The number of hydrogen-bond acceptors (Lipinski definition) is 5. The summed E-state index contributed by atoms with van der Waals surface area (Å²) < 4.78 is 0. The number of rotatable bonds is 7. The number of nitrogens with one attached hydrogen (secondary N) is 2. The van der Waals surface area contributed by atoms with Gasteiger partial charge in [-0.25, -0.2) is 4.79 Å². The topological polar surface area (TPSA) is 127 Å². The number of carbonyl (C=O) groups excluding carboxylic acids is 1. The Kier molecular flexibility index (Phi) is 5.99. The number of hydrogen-bond donors (Lipinski definition) is 2. The molecule has 2 N–H and O–H groups in total. The van der Waals surface area contributed by atoms with Crippen LogP contribution in [0.5, 0.6) is 0 Å². The van der Waals surface area contributed by atoms with Crippen molar-refractivity contribution in [2.75, 3.05) is 6.54 Å². The molecule has 2 amide bonds. The van der Waals surface area contributed by atoms with E-state index >= 15 is 0 Å². The van der Waals surface area contributed by atoms with E-state index in [2.05, 4.69) is 10.6 Å². The molecular weight excluding hydrogens is 328 g/mol. The highest BCUT2D eigenvalue weighted by molar-refractivity contribution is 5.73. The van der Waals surface area contributed by atoms with Crippen LogP contribution in [-0.4, -0.2) is 22.4 Å². The van der Waals surface area contributed by atoms with E-state index in [0.29, 0.717) is 13.0 Å². The molecular formula is C16H16N4O5. The normalized spacial score (nSPS) is 10.1. The van der Waals surface area contributed by atoms with Gasteiger partial charge in [-0.2, -0.15) is 0 Å². The highest BCUT2D eigenvalue weighted by atomic mass is 16.6. The number of urea groups is 1. The number of nitrogens with zero attached hydrogens (tertiary/aromatic N) is 2. The van der Waals surface area contributed by atoms with E-state index in [9.17, 15) is 25.0 Å². The smallest absolute Gasteiger partial charge is 0.315 e. The Morgan fingerprint density at radius 3 is 1.76 bits per heavy atom. The third-order valence-electron chi connectivity index (χ3n) is 3.45. The van der Waals surface area contributed by atoms with Crippen LogP contribution in [0.25, 0.3) is 0 Å². The van der Waals surface area contributed by atoms with E-state index in [4.69, 9.17) is 0 Å². The highest BCUT2D eigenvalue weighted by Gasteiger charge is 2.06. The number of nitro benzene ring substituents is 2. The van der Waals surface area contributed by atoms with Crippen molar-refractivity contribution in [3.63, 3.8) is 0 Å². The number of nitro groups is 2. The number of non-ortho nitro benzene ring substituents is 2. The van der Waals surface area contributed by atoms with Gasteiger partial charge in [-0.1, -0.05) is 24.3 Å². The molecule has 0 radical (unpaired) electrons. The Morgan fingerprint density at radius 1 is 0.800 bits per heavy atom. The second-order valence-corrected chi connectivity index (χ2v) is 5.21. The Hall–Kier alpha value is -3.49. The zero-order valence-corrected chi connectivity index (χ0v) is 13.2. The highest BCUT2D eigenvalue weighted by Crippen LogP contribution is 2.12. The van der Waals surface area contributed by atoms with Crippen molar-refractivity contribution >= 4 is 17.4 Å². The maximum absolute atomic E-state index is 11.7. The van der Waals surface area contributed by atoms with Gasteiger partial charge in [0.05, 0.1) is 9.85 Å². The van der Waals surface area contributed by atoms with Crippen molar-refractivity contribution in [2.45, 2.75) is 13.0 Å². The van der Waals surface area contributed by atoms with E-state index in [1.54, 1.807) is 24.3 Å². The molecule has 0 heterocycles.